The van der Waals surface area contributed by atoms with Crippen molar-refractivity contribution in [3.63, 3.8) is 0 Å². The highest BCUT2D eigenvalue weighted by Crippen LogP contribution is 2.28. The van der Waals surface area contributed by atoms with E-state index in [1.54, 1.807) is 25.1 Å². The molecule has 0 saturated carbocycles. The Morgan fingerprint density at radius 3 is 2.38 bits per heavy atom. The molecular formula is C18H22N2O5S. The summed E-state index contributed by atoms with van der Waals surface area (Å²) in [5.41, 5.74) is 1.02. The third-order valence-electron chi connectivity index (χ3n) is 3.72. The molecule has 0 aliphatic heterocycles. The largest absolute Gasteiger partial charge is 0.496 e. The van der Waals surface area contributed by atoms with E-state index in [1.807, 2.05) is 6.07 Å². The molecule has 8 heteroatoms. The highest BCUT2D eigenvalue weighted by molar-refractivity contribution is 7.89. The van der Waals surface area contributed by atoms with E-state index in [2.05, 4.69) is 10.0 Å². The van der Waals surface area contributed by atoms with E-state index in [9.17, 15) is 13.2 Å². The Morgan fingerprint density at radius 1 is 1.04 bits per heavy atom. The number of methoxy groups -OCH3 is 2. The van der Waals surface area contributed by atoms with E-state index in [1.165, 1.54) is 32.4 Å². The van der Waals surface area contributed by atoms with Gasteiger partial charge in [0.15, 0.2) is 0 Å². The highest BCUT2D eigenvalue weighted by atomic mass is 32.2. The standard InChI is InChI=1S/C18H22N2O5S/c1-4-18(21)20-15-11-14(9-10-17(15)25-3)26(22,23)19-12-13-7-5-6-8-16(13)24-2/h5-11,19H,4,12H2,1-3H3,(H,20,21). The van der Waals surface area contributed by atoms with Crippen molar-refractivity contribution in [2.75, 3.05) is 19.5 Å². The number of hydrogen-bond donors (Lipinski definition) is 2. The van der Waals surface area contributed by atoms with Gasteiger partial charge in [-0.2, -0.15) is 0 Å². The fourth-order valence-electron chi connectivity index (χ4n) is 2.30. The third kappa shape index (κ3) is 4.74. The molecule has 0 radical (unpaired) electrons. The lowest BCUT2D eigenvalue weighted by Crippen LogP contribution is -2.23. The molecule has 0 atom stereocenters. The van der Waals surface area contributed by atoms with Crippen LogP contribution in [0, 0.1) is 0 Å². The molecule has 26 heavy (non-hydrogen) atoms. The van der Waals surface area contributed by atoms with Gasteiger partial charge in [0.05, 0.1) is 24.8 Å². The monoisotopic (exact) mass is 378 g/mol. The average Bonchev–Trinajstić information content (AvgIpc) is 2.66. The molecular weight excluding hydrogens is 356 g/mol. The lowest BCUT2D eigenvalue weighted by Gasteiger charge is -2.13. The van der Waals surface area contributed by atoms with Crippen molar-refractivity contribution in [1.82, 2.24) is 4.72 Å². The number of carbonyl (C=O) groups excluding carboxylic acids is 1. The second-order valence-electron chi connectivity index (χ2n) is 5.40. The van der Waals surface area contributed by atoms with Gasteiger partial charge in [0.1, 0.15) is 11.5 Å². The summed E-state index contributed by atoms with van der Waals surface area (Å²) < 4.78 is 38.1. The summed E-state index contributed by atoms with van der Waals surface area (Å²) in [5, 5.41) is 2.64. The molecule has 0 saturated heterocycles. The Morgan fingerprint density at radius 2 is 1.73 bits per heavy atom. The molecule has 7 nitrogen and oxygen atoms in total. The Kier molecular flexibility index (Phi) is 6.59. The van der Waals surface area contributed by atoms with Crippen LogP contribution in [0.4, 0.5) is 5.69 Å². The summed E-state index contributed by atoms with van der Waals surface area (Å²) in [6.45, 7) is 1.78. The lowest BCUT2D eigenvalue weighted by molar-refractivity contribution is -0.115. The summed E-state index contributed by atoms with van der Waals surface area (Å²) in [6.07, 6.45) is 0.270. The van der Waals surface area contributed by atoms with Crippen LogP contribution in [0.15, 0.2) is 47.4 Å². The first-order valence-corrected chi connectivity index (χ1v) is 9.49. The van der Waals surface area contributed by atoms with Gasteiger partial charge in [-0.15, -0.1) is 0 Å². The number of sulfonamides is 1. The molecule has 0 aliphatic carbocycles. The molecule has 0 aliphatic rings. The van der Waals surface area contributed by atoms with Crippen molar-refractivity contribution < 1.29 is 22.7 Å². The van der Waals surface area contributed by atoms with Gasteiger partial charge in [0.2, 0.25) is 15.9 Å². The van der Waals surface area contributed by atoms with Crippen LogP contribution in [0.1, 0.15) is 18.9 Å². The van der Waals surface area contributed by atoms with Crippen molar-refractivity contribution >= 4 is 21.6 Å². The summed E-state index contributed by atoms with van der Waals surface area (Å²) in [5.74, 6) is 0.746. The number of ether oxygens (including phenoxy) is 2. The molecule has 2 N–H and O–H groups in total. The SMILES string of the molecule is CCC(=O)Nc1cc(S(=O)(=O)NCc2ccccc2OC)ccc1OC. The minimum atomic E-state index is -3.79. The smallest absolute Gasteiger partial charge is 0.240 e. The Bertz CT molecular complexity index is 881. The predicted molar refractivity (Wildman–Crippen MR) is 98.9 cm³/mol. The molecule has 0 heterocycles. The van der Waals surface area contributed by atoms with Gasteiger partial charge in [-0.25, -0.2) is 13.1 Å². The van der Waals surface area contributed by atoms with E-state index in [4.69, 9.17) is 9.47 Å². The molecule has 0 aromatic heterocycles. The van der Waals surface area contributed by atoms with Gasteiger partial charge in [0.25, 0.3) is 0 Å². The number of para-hydroxylation sites is 1. The van der Waals surface area contributed by atoms with Crippen molar-refractivity contribution in [3.8, 4) is 11.5 Å². The van der Waals surface area contributed by atoms with E-state index in [0.29, 0.717) is 22.7 Å². The van der Waals surface area contributed by atoms with Gasteiger partial charge >= 0.3 is 0 Å². The van der Waals surface area contributed by atoms with Crippen molar-refractivity contribution in [2.45, 2.75) is 24.8 Å². The number of nitrogens with one attached hydrogen (secondary N) is 2. The summed E-state index contributed by atoms with van der Waals surface area (Å²) in [7, 11) is -0.809. The Labute approximate surface area is 153 Å². The third-order valence-corrected chi connectivity index (χ3v) is 5.12. The number of carbonyl (C=O) groups is 1. The van der Waals surface area contributed by atoms with Crippen LogP contribution in [0.5, 0.6) is 11.5 Å². The van der Waals surface area contributed by atoms with Crippen LogP contribution in [-0.4, -0.2) is 28.5 Å². The van der Waals surface area contributed by atoms with Crippen LogP contribution in [0.3, 0.4) is 0 Å². The zero-order valence-electron chi connectivity index (χ0n) is 14.9. The van der Waals surface area contributed by atoms with E-state index >= 15 is 0 Å². The molecule has 0 fully saturated rings. The second kappa shape index (κ2) is 8.68. The van der Waals surface area contributed by atoms with Gasteiger partial charge in [-0.3, -0.25) is 4.79 Å². The van der Waals surface area contributed by atoms with Gasteiger partial charge in [0, 0.05) is 18.5 Å². The average molecular weight is 378 g/mol. The summed E-state index contributed by atoms with van der Waals surface area (Å²) >= 11 is 0. The topological polar surface area (TPSA) is 93.7 Å². The molecule has 0 unspecified atom stereocenters. The number of anilines is 1. The van der Waals surface area contributed by atoms with Gasteiger partial charge in [-0.05, 0) is 24.3 Å². The Hall–Kier alpha value is -2.58. The minimum absolute atomic E-state index is 0.0274. The van der Waals surface area contributed by atoms with Crippen LogP contribution in [0.25, 0.3) is 0 Å². The van der Waals surface area contributed by atoms with E-state index < -0.39 is 10.0 Å². The molecule has 2 aromatic carbocycles. The molecule has 2 rings (SSSR count). The van der Waals surface area contributed by atoms with Gasteiger partial charge in [-0.1, -0.05) is 25.1 Å². The van der Waals surface area contributed by atoms with Crippen LogP contribution in [-0.2, 0) is 21.4 Å². The number of benzene rings is 2. The first kappa shape index (κ1) is 19.7. The van der Waals surface area contributed by atoms with Crippen molar-refractivity contribution in [1.29, 1.82) is 0 Å². The van der Waals surface area contributed by atoms with E-state index in [0.717, 1.165) is 0 Å². The van der Waals surface area contributed by atoms with Crippen molar-refractivity contribution in [3.05, 3.63) is 48.0 Å². The normalized spacial score (nSPS) is 11.0. The molecule has 2 aromatic rings. The van der Waals surface area contributed by atoms with Crippen LogP contribution >= 0.6 is 0 Å². The van der Waals surface area contributed by atoms with Gasteiger partial charge < -0.3 is 14.8 Å². The quantitative estimate of drug-likeness (QED) is 0.736. The van der Waals surface area contributed by atoms with Crippen molar-refractivity contribution in [2.24, 2.45) is 0 Å². The zero-order chi connectivity index (χ0) is 19.2. The molecule has 140 valence electrons. The molecule has 0 bridgehead atoms. The summed E-state index contributed by atoms with van der Waals surface area (Å²) in [4.78, 5) is 11.7. The maximum atomic E-state index is 12.6. The first-order chi connectivity index (χ1) is 12.4. The maximum absolute atomic E-state index is 12.6. The number of hydrogen-bond acceptors (Lipinski definition) is 5. The first-order valence-electron chi connectivity index (χ1n) is 8.00. The number of amides is 1. The molecule has 0 spiro atoms. The Balaban J connectivity index is 2.25. The zero-order valence-corrected chi connectivity index (χ0v) is 15.7. The van der Waals surface area contributed by atoms with E-state index in [-0.39, 0.29) is 23.8 Å². The maximum Gasteiger partial charge on any atom is 0.240 e. The molecule has 1 amide bonds. The highest BCUT2D eigenvalue weighted by Gasteiger charge is 2.18. The second-order valence-corrected chi connectivity index (χ2v) is 7.17. The number of rotatable bonds is 8. The van der Waals surface area contributed by atoms with Crippen LogP contribution in [0.2, 0.25) is 0 Å². The summed E-state index contributed by atoms with van der Waals surface area (Å²) in [6, 6.07) is 11.4. The van der Waals surface area contributed by atoms with Crippen LogP contribution < -0.4 is 19.5 Å². The fraction of sp³-hybridized carbons (Fsp3) is 0.278. The fourth-order valence-corrected chi connectivity index (χ4v) is 3.33. The minimum Gasteiger partial charge on any atom is -0.496 e. The lowest BCUT2D eigenvalue weighted by atomic mass is 10.2. The predicted octanol–water partition coefficient (Wildman–Crippen LogP) is 2.53.